The van der Waals surface area contributed by atoms with Crippen LogP contribution >= 0.6 is 0 Å². The Labute approximate surface area is 177 Å². The molecule has 0 bridgehead atoms. The van der Waals surface area contributed by atoms with Crippen molar-refractivity contribution in [2.75, 3.05) is 0 Å². The molecular formula is C26H25N3O. The van der Waals surface area contributed by atoms with Gasteiger partial charge < -0.3 is 0 Å². The topological polar surface area (TPSA) is 47.8 Å². The third kappa shape index (κ3) is 3.35. The van der Waals surface area contributed by atoms with E-state index in [9.17, 15) is 4.79 Å². The molecule has 0 amide bonds. The lowest BCUT2D eigenvalue weighted by molar-refractivity contribution is -0.132. The summed E-state index contributed by atoms with van der Waals surface area (Å²) >= 11 is 0. The lowest BCUT2D eigenvalue weighted by Crippen LogP contribution is -2.49. The fourth-order valence-electron chi connectivity index (χ4n) is 3.94. The molecule has 0 saturated carbocycles. The van der Waals surface area contributed by atoms with Gasteiger partial charge in [-0.3, -0.25) is 4.79 Å². The van der Waals surface area contributed by atoms with Crippen molar-refractivity contribution >= 4 is 5.78 Å². The number of ketones is 1. The Kier molecular flexibility index (Phi) is 5.08. The van der Waals surface area contributed by atoms with Crippen LogP contribution in [0.5, 0.6) is 0 Å². The minimum absolute atomic E-state index is 0.0548. The Balaban J connectivity index is 1.97. The Morgan fingerprint density at radius 3 is 1.80 bits per heavy atom. The molecule has 0 spiro atoms. The van der Waals surface area contributed by atoms with Crippen LogP contribution in [0.4, 0.5) is 0 Å². The van der Waals surface area contributed by atoms with E-state index in [4.69, 9.17) is 0 Å². The molecule has 0 aliphatic carbocycles. The first kappa shape index (κ1) is 19.8. The Morgan fingerprint density at radius 2 is 1.27 bits per heavy atom. The maximum absolute atomic E-state index is 14.1. The van der Waals surface area contributed by atoms with Crippen LogP contribution in [-0.2, 0) is 10.3 Å². The first-order valence-corrected chi connectivity index (χ1v) is 10.1. The summed E-state index contributed by atoms with van der Waals surface area (Å²) in [5.74, 6) is 0.0548. The standard InChI is InChI=1S/C26H25N3O/c1-25(2,3)24(30)26(29-19-27-18-28-29,22-12-8-5-9-13-22)23-16-14-21(15-17-23)20-10-6-4-7-11-20/h4-19H,1-3H3. The lowest BCUT2D eigenvalue weighted by atomic mass is 9.70. The highest BCUT2D eigenvalue weighted by Gasteiger charge is 2.49. The van der Waals surface area contributed by atoms with Gasteiger partial charge in [-0.15, -0.1) is 0 Å². The van der Waals surface area contributed by atoms with Gasteiger partial charge in [0.15, 0.2) is 11.3 Å². The summed E-state index contributed by atoms with van der Waals surface area (Å²) in [6.45, 7) is 5.84. The van der Waals surface area contributed by atoms with Gasteiger partial charge in [-0.2, -0.15) is 5.10 Å². The maximum atomic E-state index is 14.1. The molecule has 4 rings (SSSR count). The van der Waals surface area contributed by atoms with E-state index < -0.39 is 11.0 Å². The van der Waals surface area contributed by atoms with Gasteiger partial charge in [0.25, 0.3) is 0 Å². The SMILES string of the molecule is CC(C)(C)C(=O)C(c1ccccc1)(c1ccc(-c2ccccc2)cc1)n1cncn1. The van der Waals surface area contributed by atoms with Gasteiger partial charge in [0.2, 0.25) is 0 Å². The molecule has 1 atom stereocenters. The molecule has 1 heterocycles. The number of hydrogen-bond acceptors (Lipinski definition) is 3. The zero-order valence-electron chi connectivity index (χ0n) is 17.5. The largest absolute Gasteiger partial charge is 0.296 e. The van der Waals surface area contributed by atoms with Gasteiger partial charge in [-0.05, 0) is 22.3 Å². The van der Waals surface area contributed by atoms with Crippen LogP contribution < -0.4 is 0 Å². The van der Waals surface area contributed by atoms with Crippen molar-refractivity contribution in [2.45, 2.75) is 26.3 Å². The molecular weight excluding hydrogens is 370 g/mol. The van der Waals surface area contributed by atoms with Crippen LogP contribution in [0.1, 0.15) is 31.9 Å². The minimum Gasteiger partial charge on any atom is -0.296 e. The first-order chi connectivity index (χ1) is 14.4. The van der Waals surface area contributed by atoms with Gasteiger partial charge in [-0.25, -0.2) is 9.67 Å². The Morgan fingerprint density at radius 1 is 0.733 bits per heavy atom. The van der Waals surface area contributed by atoms with Gasteiger partial charge in [0, 0.05) is 5.41 Å². The van der Waals surface area contributed by atoms with Gasteiger partial charge in [0.05, 0.1) is 0 Å². The van der Waals surface area contributed by atoms with E-state index in [0.717, 1.165) is 22.3 Å². The number of hydrogen-bond donors (Lipinski definition) is 0. The third-order valence-electron chi connectivity index (χ3n) is 5.37. The number of rotatable bonds is 5. The molecule has 0 N–H and O–H groups in total. The minimum atomic E-state index is -1.11. The van der Waals surface area contributed by atoms with Crippen molar-refractivity contribution < 1.29 is 4.79 Å². The Hall–Kier alpha value is -3.53. The monoisotopic (exact) mass is 395 g/mol. The number of aromatic nitrogens is 3. The van der Waals surface area contributed by atoms with E-state index in [0.29, 0.717) is 0 Å². The average molecular weight is 396 g/mol. The van der Waals surface area contributed by atoms with Crippen molar-refractivity contribution in [1.29, 1.82) is 0 Å². The van der Waals surface area contributed by atoms with E-state index in [1.807, 2.05) is 81.4 Å². The van der Waals surface area contributed by atoms with Gasteiger partial charge in [-0.1, -0.05) is 106 Å². The van der Waals surface area contributed by atoms with Crippen molar-refractivity contribution in [3.8, 4) is 11.1 Å². The third-order valence-corrected chi connectivity index (χ3v) is 5.37. The van der Waals surface area contributed by atoms with Crippen molar-refractivity contribution in [3.05, 3.63) is 109 Å². The summed E-state index contributed by atoms with van der Waals surface area (Å²) in [6, 6.07) is 28.2. The van der Waals surface area contributed by atoms with Crippen molar-refractivity contribution in [1.82, 2.24) is 14.8 Å². The van der Waals surface area contributed by atoms with Crippen LogP contribution in [-0.4, -0.2) is 20.5 Å². The molecule has 1 aromatic heterocycles. The summed E-state index contributed by atoms with van der Waals surface area (Å²) in [5, 5.41) is 4.44. The van der Waals surface area contributed by atoms with Crippen LogP contribution in [0, 0.1) is 5.41 Å². The second kappa shape index (κ2) is 7.71. The smallest absolute Gasteiger partial charge is 0.174 e. The highest BCUT2D eigenvalue weighted by atomic mass is 16.1. The zero-order valence-corrected chi connectivity index (χ0v) is 17.5. The summed E-state index contributed by atoms with van der Waals surface area (Å²) in [4.78, 5) is 18.2. The van der Waals surface area contributed by atoms with Crippen LogP contribution in [0.25, 0.3) is 11.1 Å². The molecule has 0 radical (unpaired) electrons. The van der Waals surface area contributed by atoms with Crippen LogP contribution in [0.15, 0.2) is 97.6 Å². The summed E-state index contributed by atoms with van der Waals surface area (Å²) < 4.78 is 1.69. The van der Waals surface area contributed by atoms with Crippen molar-refractivity contribution in [3.63, 3.8) is 0 Å². The fraction of sp³-hybridized carbons (Fsp3) is 0.192. The fourth-order valence-corrected chi connectivity index (χ4v) is 3.94. The molecule has 30 heavy (non-hydrogen) atoms. The second-order valence-electron chi connectivity index (χ2n) is 8.44. The Bertz CT molecular complexity index is 1110. The second-order valence-corrected chi connectivity index (χ2v) is 8.44. The predicted molar refractivity (Wildman–Crippen MR) is 119 cm³/mol. The molecule has 4 nitrogen and oxygen atoms in total. The molecule has 4 aromatic rings. The summed E-state index contributed by atoms with van der Waals surface area (Å²) in [7, 11) is 0. The average Bonchev–Trinajstić information content (AvgIpc) is 3.31. The zero-order chi connectivity index (χ0) is 21.2. The molecule has 4 heteroatoms. The van der Waals surface area contributed by atoms with E-state index in [-0.39, 0.29) is 5.78 Å². The van der Waals surface area contributed by atoms with Gasteiger partial charge in [0.1, 0.15) is 12.7 Å². The highest BCUT2D eigenvalue weighted by molar-refractivity contribution is 5.97. The lowest BCUT2D eigenvalue weighted by Gasteiger charge is -2.38. The number of Topliss-reactive ketones (excluding diaryl/α,β-unsaturated/α-hetero) is 1. The van der Waals surface area contributed by atoms with E-state index >= 15 is 0 Å². The molecule has 0 aliphatic heterocycles. The molecule has 150 valence electrons. The van der Waals surface area contributed by atoms with Gasteiger partial charge >= 0.3 is 0 Å². The van der Waals surface area contributed by atoms with Crippen LogP contribution in [0.2, 0.25) is 0 Å². The normalized spacial score (nSPS) is 13.6. The quantitative estimate of drug-likeness (QED) is 0.457. The van der Waals surface area contributed by atoms with E-state index in [1.54, 1.807) is 11.0 Å². The first-order valence-electron chi connectivity index (χ1n) is 10.1. The maximum Gasteiger partial charge on any atom is 0.174 e. The number of nitrogens with zero attached hydrogens (tertiary/aromatic N) is 3. The molecule has 3 aromatic carbocycles. The number of carbonyl (C=O) groups is 1. The summed E-state index contributed by atoms with van der Waals surface area (Å²) in [5.41, 5.74) is 2.26. The molecule has 1 unspecified atom stereocenters. The van der Waals surface area contributed by atoms with E-state index in [2.05, 4.69) is 34.3 Å². The molecule has 0 aliphatic rings. The highest BCUT2D eigenvalue weighted by Crippen LogP contribution is 2.40. The molecule has 0 fully saturated rings. The van der Waals surface area contributed by atoms with E-state index in [1.165, 1.54) is 6.33 Å². The number of carbonyl (C=O) groups excluding carboxylic acids is 1. The number of benzene rings is 3. The predicted octanol–water partition coefficient (Wildman–Crippen LogP) is 5.35. The summed E-state index contributed by atoms with van der Waals surface area (Å²) in [6.07, 6.45) is 3.10. The molecule has 0 saturated heterocycles. The van der Waals surface area contributed by atoms with Crippen LogP contribution in [0.3, 0.4) is 0 Å². The van der Waals surface area contributed by atoms with Crippen molar-refractivity contribution in [2.24, 2.45) is 5.41 Å².